The van der Waals surface area contributed by atoms with Gasteiger partial charge >= 0.3 is 5.97 Å². The summed E-state index contributed by atoms with van der Waals surface area (Å²) in [4.78, 5) is 51.8. The number of piperidine rings is 1. The number of esters is 1. The molecular weight excluding hydrogens is 310 g/mol. The van der Waals surface area contributed by atoms with E-state index in [0.717, 1.165) is 0 Å². The first-order valence-electron chi connectivity index (χ1n) is 8.60. The Labute approximate surface area is 141 Å². The number of likely N-dealkylation sites (tertiary alicyclic amines) is 1. The van der Waals surface area contributed by atoms with E-state index in [1.165, 1.54) is 7.11 Å². The maximum Gasteiger partial charge on any atom is 0.308 e. The second kappa shape index (κ2) is 5.14. The molecule has 0 aromatic heterocycles. The molecule has 2 atom stereocenters. The molecule has 3 fully saturated rings. The predicted octanol–water partition coefficient (Wildman–Crippen LogP) is 1.36. The van der Waals surface area contributed by atoms with Crippen LogP contribution in [0.4, 0.5) is 0 Å². The number of carbonyl (C=O) groups is 4. The van der Waals surface area contributed by atoms with Crippen LogP contribution in [0.3, 0.4) is 0 Å². The Kier molecular flexibility index (Phi) is 3.66. The molecule has 24 heavy (non-hydrogen) atoms. The smallest absolute Gasteiger partial charge is 0.308 e. The van der Waals surface area contributed by atoms with Crippen LogP contribution in [-0.2, 0) is 23.9 Å². The van der Waals surface area contributed by atoms with Gasteiger partial charge in [-0.15, -0.1) is 0 Å². The first-order valence-corrected chi connectivity index (χ1v) is 8.60. The van der Waals surface area contributed by atoms with Crippen molar-refractivity contribution in [2.75, 3.05) is 20.2 Å². The zero-order valence-electron chi connectivity index (χ0n) is 14.8. The molecule has 1 heterocycles. The molecule has 2 bridgehead atoms. The fourth-order valence-corrected chi connectivity index (χ4v) is 5.00. The molecule has 0 radical (unpaired) electrons. The van der Waals surface area contributed by atoms with Crippen LogP contribution in [0.1, 0.15) is 46.5 Å². The van der Waals surface area contributed by atoms with Crippen molar-refractivity contribution >= 4 is 23.4 Å². The highest BCUT2D eigenvalue weighted by Crippen LogP contribution is 2.69. The van der Waals surface area contributed by atoms with Crippen LogP contribution in [0.15, 0.2) is 0 Å². The van der Waals surface area contributed by atoms with Gasteiger partial charge in [0, 0.05) is 18.5 Å². The van der Waals surface area contributed by atoms with Crippen molar-refractivity contribution in [3.8, 4) is 0 Å². The predicted molar refractivity (Wildman–Crippen MR) is 84.9 cm³/mol. The molecule has 6 nitrogen and oxygen atoms in total. The van der Waals surface area contributed by atoms with E-state index < -0.39 is 27.8 Å². The fraction of sp³-hybridized carbons (Fsp3) is 0.778. The molecular formula is C18H25NO5. The molecule has 0 N–H and O–H groups in total. The summed E-state index contributed by atoms with van der Waals surface area (Å²) in [5, 5.41) is 0. The van der Waals surface area contributed by atoms with Crippen LogP contribution in [0.2, 0.25) is 0 Å². The van der Waals surface area contributed by atoms with Gasteiger partial charge in [0.2, 0.25) is 17.5 Å². The highest BCUT2D eigenvalue weighted by Gasteiger charge is 2.78. The quantitative estimate of drug-likeness (QED) is 0.432. The van der Waals surface area contributed by atoms with Gasteiger partial charge in [0.15, 0.2) is 0 Å². The molecule has 0 unspecified atom stereocenters. The summed E-state index contributed by atoms with van der Waals surface area (Å²) >= 11 is 0. The Morgan fingerprint density at radius 2 is 1.62 bits per heavy atom. The van der Waals surface area contributed by atoms with Gasteiger partial charge in [-0.05, 0) is 31.1 Å². The van der Waals surface area contributed by atoms with E-state index in [1.54, 1.807) is 4.90 Å². The van der Waals surface area contributed by atoms with Gasteiger partial charge < -0.3 is 9.64 Å². The van der Waals surface area contributed by atoms with Crippen molar-refractivity contribution in [2.45, 2.75) is 46.5 Å². The van der Waals surface area contributed by atoms with E-state index in [2.05, 4.69) is 0 Å². The van der Waals surface area contributed by atoms with Gasteiger partial charge in [-0.3, -0.25) is 19.2 Å². The lowest BCUT2D eigenvalue weighted by molar-refractivity contribution is -0.158. The van der Waals surface area contributed by atoms with Crippen LogP contribution in [0, 0.1) is 22.2 Å². The minimum absolute atomic E-state index is 0.195. The van der Waals surface area contributed by atoms with E-state index in [1.807, 2.05) is 20.8 Å². The molecule has 132 valence electrons. The van der Waals surface area contributed by atoms with E-state index in [9.17, 15) is 19.2 Å². The van der Waals surface area contributed by atoms with Crippen LogP contribution in [0.25, 0.3) is 0 Å². The highest BCUT2D eigenvalue weighted by atomic mass is 16.5. The zero-order valence-corrected chi connectivity index (χ0v) is 14.8. The number of hydrogen-bond acceptors (Lipinski definition) is 5. The van der Waals surface area contributed by atoms with Crippen molar-refractivity contribution in [1.29, 1.82) is 0 Å². The number of carbonyl (C=O) groups excluding carboxylic acids is 4. The number of fused-ring (bicyclic) bond motifs is 2. The topological polar surface area (TPSA) is 80.8 Å². The normalized spacial score (nSPS) is 35.4. The number of methoxy groups -OCH3 is 1. The lowest BCUT2D eigenvalue weighted by Crippen LogP contribution is -2.54. The van der Waals surface area contributed by atoms with Crippen molar-refractivity contribution in [3.05, 3.63) is 0 Å². The third-order valence-corrected chi connectivity index (χ3v) is 7.22. The third kappa shape index (κ3) is 1.77. The summed E-state index contributed by atoms with van der Waals surface area (Å²) in [6, 6.07) is 0. The van der Waals surface area contributed by atoms with Gasteiger partial charge in [0.05, 0.1) is 13.0 Å². The number of ether oxygens (including phenoxy) is 1. The van der Waals surface area contributed by atoms with Gasteiger partial charge in [-0.25, -0.2) is 0 Å². The summed E-state index contributed by atoms with van der Waals surface area (Å²) in [5.74, 6) is -1.58. The van der Waals surface area contributed by atoms with Gasteiger partial charge in [-0.2, -0.15) is 0 Å². The van der Waals surface area contributed by atoms with Crippen LogP contribution in [0.5, 0.6) is 0 Å². The van der Waals surface area contributed by atoms with E-state index >= 15 is 0 Å². The second-order valence-electron chi connectivity index (χ2n) is 8.11. The van der Waals surface area contributed by atoms with Crippen molar-refractivity contribution < 1.29 is 23.9 Å². The molecule has 1 saturated heterocycles. The number of rotatable bonds is 2. The summed E-state index contributed by atoms with van der Waals surface area (Å²) < 4.78 is 4.77. The molecule has 1 amide bonds. The first-order chi connectivity index (χ1) is 11.1. The summed E-state index contributed by atoms with van der Waals surface area (Å²) in [7, 11) is 1.36. The summed E-state index contributed by atoms with van der Waals surface area (Å²) in [5.41, 5.74) is -2.65. The number of ketones is 2. The summed E-state index contributed by atoms with van der Waals surface area (Å²) in [6.45, 7) is 6.42. The Balaban J connectivity index is 1.85. The van der Waals surface area contributed by atoms with Crippen molar-refractivity contribution in [1.82, 2.24) is 4.90 Å². The number of nitrogens with zero attached hydrogens (tertiary/aromatic N) is 1. The molecule has 2 aliphatic carbocycles. The minimum atomic E-state index is -1.23. The molecule has 0 aromatic carbocycles. The van der Waals surface area contributed by atoms with Crippen LogP contribution in [-0.4, -0.2) is 48.5 Å². The third-order valence-electron chi connectivity index (χ3n) is 7.22. The average Bonchev–Trinajstić information content (AvgIpc) is 2.85. The highest BCUT2D eigenvalue weighted by molar-refractivity contribution is 6.48. The Hall–Kier alpha value is -1.72. The number of Topliss-reactive ketones (excluding diaryl/α,β-unsaturated/α-hetero) is 2. The number of hydrogen-bond donors (Lipinski definition) is 0. The molecule has 3 rings (SSSR count). The maximum absolute atomic E-state index is 13.3. The Bertz CT molecular complexity index is 631. The van der Waals surface area contributed by atoms with E-state index in [4.69, 9.17) is 4.74 Å². The molecule has 2 saturated carbocycles. The Morgan fingerprint density at radius 1 is 1.04 bits per heavy atom. The summed E-state index contributed by atoms with van der Waals surface area (Å²) in [6.07, 6.45) is 2.09. The molecule has 3 aliphatic rings. The standard InChI is InChI=1S/C18H25NO5/c1-16(2)17(3)7-8-18(16,13(21)12(17)20)15(23)19-9-5-11(6-10-19)14(22)24-4/h11H,5-10H2,1-4H3/t17-,18+/m1/s1. The lowest BCUT2D eigenvalue weighted by atomic mass is 9.64. The van der Waals surface area contributed by atoms with Crippen LogP contribution >= 0.6 is 0 Å². The molecule has 0 aromatic rings. The Morgan fingerprint density at radius 3 is 2.08 bits per heavy atom. The lowest BCUT2D eigenvalue weighted by Gasteiger charge is -2.41. The fourth-order valence-electron chi connectivity index (χ4n) is 5.00. The second-order valence-corrected chi connectivity index (χ2v) is 8.11. The molecule has 0 spiro atoms. The van der Waals surface area contributed by atoms with Gasteiger partial charge in [0.1, 0.15) is 5.41 Å². The largest absolute Gasteiger partial charge is 0.469 e. The average molecular weight is 335 g/mol. The number of amides is 1. The molecule has 1 aliphatic heterocycles. The van der Waals surface area contributed by atoms with E-state index in [-0.39, 0.29) is 17.8 Å². The van der Waals surface area contributed by atoms with Crippen molar-refractivity contribution in [3.63, 3.8) is 0 Å². The van der Waals surface area contributed by atoms with Crippen LogP contribution < -0.4 is 0 Å². The first kappa shape index (κ1) is 17.1. The monoisotopic (exact) mass is 335 g/mol. The zero-order chi connectivity index (χ0) is 17.9. The maximum atomic E-state index is 13.3. The minimum Gasteiger partial charge on any atom is -0.469 e. The SMILES string of the molecule is COC(=O)C1CCN(C(=O)[C@]23CC[C@](C)(C(=O)C2=O)C3(C)C)CC1. The van der Waals surface area contributed by atoms with Crippen molar-refractivity contribution in [2.24, 2.45) is 22.2 Å². The molecule has 6 heteroatoms. The van der Waals surface area contributed by atoms with E-state index in [0.29, 0.717) is 38.8 Å². The van der Waals surface area contributed by atoms with Gasteiger partial charge in [-0.1, -0.05) is 20.8 Å². The van der Waals surface area contributed by atoms with Gasteiger partial charge in [0.25, 0.3) is 0 Å².